The first-order valence-electron chi connectivity index (χ1n) is 9.61. The smallest absolute Gasteiger partial charge is 0.341 e. The second kappa shape index (κ2) is 10.6. The number of thiophene rings is 1. The third-order valence-corrected chi connectivity index (χ3v) is 5.28. The van der Waals surface area contributed by atoms with Crippen LogP contribution in [0.2, 0.25) is 0 Å². The second-order valence-electron chi connectivity index (χ2n) is 6.37. The zero-order valence-corrected chi connectivity index (χ0v) is 18.3. The van der Waals surface area contributed by atoms with Crippen molar-refractivity contribution in [1.29, 1.82) is 0 Å². The number of ether oxygens (including phenoxy) is 3. The predicted molar refractivity (Wildman–Crippen MR) is 118 cm³/mol. The number of carbonyl (C=O) groups is 2. The Bertz CT molecular complexity index is 1030. The molecule has 164 valence electrons. The highest BCUT2D eigenvalue weighted by molar-refractivity contribution is 7.15. The van der Waals surface area contributed by atoms with E-state index in [0.29, 0.717) is 34.2 Å². The minimum absolute atomic E-state index is 0.0621. The number of hydrogen-bond donors (Lipinski definition) is 2. The van der Waals surface area contributed by atoms with E-state index in [1.165, 1.54) is 11.3 Å². The third-order valence-electron chi connectivity index (χ3n) is 4.38. The lowest BCUT2D eigenvalue weighted by Gasteiger charge is -2.11. The zero-order valence-electron chi connectivity index (χ0n) is 17.5. The molecule has 0 aliphatic carbocycles. The van der Waals surface area contributed by atoms with Crippen molar-refractivity contribution < 1.29 is 28.2 Å². The van der Waals surface area contributed by atoms with Crippen molar-refractivity contribution in [3.63, 3.8) is 0 Å². The molecule has 2 aromatic heterocycles. The Morgan fingerprint density at radius 2 is 1.94 bits per heavy atom. The maximum Gasteiger partial charge on any atom is 0.341 e. The van der Waals surface area contributed by atoms with E-state index in [2.05, 4.69) is 10.6 Å². The SMILES string of the molecule is CCOC(=O)c1c(-c2ccc(OC)c(OC)c2)csc1NC(=O)CNCc1ccco1. The molecule has 2 heterocycles. The third kappa shape index (κ3) is 5.44. The lowest BCUT2D eigenvalue weighted by atomic mass is 10.0. The first-order valence-corrected chi connectivity index (χ1v) is 10.5. The van der Waals surface area contributed by atoms with Crippen LogP contribution in [0.25, 0.3) is 11.1 Å². The largest absolute Gasteiger partial charge is 0.493 e. The fourth-order valence-electron chi connectivity index (χ4n) is 2.96. The standard InChI is InChI=1S/C22H24N2O6S/c1-4-29-22(26)20-16(14-7-8-17(27-2)18(10-14)28-3)13-31-21(20)24-19(25)12-23-11-15-6-5-9-30-15/h5-10,13,23H,4,11-12H2,1-3H3,(H,24,25). The van der Waals surface area contributed by atoms with Crippen molar-refractivity contribution in [3.8, 4) is 22.6 Å². The summed E-state index contributed by atoms with van der Waals surface area (Å²) in [4.78, 5) is 25.1. The maximum atomic E-state index is 12.7. The van der Waals surface area contributed by atoms with Crippen LogP contribution >= 0.6 is 11.3 Å². The van der Waals surface area contributed by atoms with Crippen molar-refractivity contribution in [1.82, 2.24) is 5.32 Å². The minimum atomic E-state index is -0.507. The summed E-state index contributed by atoms with van der Waals surface area (Å²) in [7, 11) is 3.10. The van der Waals surface area contributed by atoms with Gasteiger partial charge in [-0.3, -0.25) is 4.79 Å². The van der Waals surface area contributed by atoms with Gasteiger partial charge in [0, 0.05) is 10.9 Å². The van der Waals surface area contributed by atoms with Gasteiger partial charge in [0.2, 0.25) is 5.91 Å². The Labute approximate surface area is 184 Å². The minimum Gasteiger partial charge on any atom is -0.493 e. The molecule has 8 nitrogen and oxygen atoms in total. The molecule has 0 aliphatic heterocycles. The molecule has 0 spiro atoms. The van der Waals surface area contributed by atoms with Crippen LogP contribution < -0.4 is 20.1 Å². The number of carbonyl (C=O) groups excluding carboxylic acids is 2. The van der Waals surface area contributed by atoms with Gasteiger partial charge in [-0.05, 0) is 36.8 Å². The van der Waals surface area contributed by atoms with Gasteiger partial charge < -0.3 is 29.3 Å². The summed E-state index contributed by atoms with van der Waals surface area (Å²) in [5.41, 5.74) is 1.69. The van der Waals surface area contributed by atoms with E-state index in [0.717, 1.165) is 11.3 Å². The van der Waals surface area contributed by atoms with Crippen molar-refractivity contribution >= 4 is 28.2 Å². The topological polar surface area (TPSA) is 99.0 Å². The zero-order chi connectivity index (χ0) is 22.2. The molecule has 0 unspecified atom stereocenters. The Kier molecular flexibility index (Phi) is 7.69. The van der Waals surface area contributed by atoms with Gasteiger partial charge in [-0.1, -0.05) is 6.07 Å². The number of methoxy groups -OCH3 is 2. The number of furan rings is 1. The molecule has 0 fully saturated rings. The number of esters is 1. The van der Waals surface area contributed by atoms with Crippen molar-refractivity contribution in [3.05, 3.63) is 53.3 Å². The van der Waals surface area contributed by atoms with Gasteiger partial charge in [-0.25, -0.2) is 4.79 Å². The predicted octanol–water partition coefficient (Wildman–Crippen LogP) is 3.93. The number of benzene rings is 1. The number of anilines is 1. The van der Waals surface area contributed by atoms with Gasteiger partial charge in [0.05, 0.1) is 40.2 Å². The summed E-state index contributed by atoms with van der Waals surface area (Å²) in [6.45, 7) is 2.44. The lowest BCUT2D eigenvalue weighted by molar-refractivity contribution is -0.115. The van der Waals surface area contributed by atoms with E-state index in [4.69, 9.17) is 18.6 Å². The average molecular weight is 445 g/mol. The molecule has 0 saturated carbocycles. The Morgan fingerprint density at radius 3 is 2.61 bits per heavy atom. The van der Waals surface area contributed by atoms with Crippen LogP contribution in [0.5, 0.6) is 11.5 Å². The van der Waals surface area contributed by atoms with Crippen LogP contribution in [0.15, 0.2) is 46.4 Å². The fraction of sp³-hybridized carbons (Fsp3) is 0.273. The van der Waals surface area contributed by atoms with E-state index in [-0.39, 0.29) is 19.1 Å². The Morgan fingerprint density at radius 1 is 1.13 bits per heavy atom. The summed E-state index contributed by atoms with van der Waals surface area (Å²) in [6, 6.07) is 8.96. The van der Waals surface area contributed by atoms with Crippen LogP contribution in [-0.4, -0.2) is 39.2 Å². The van der Waals surface area contributed by atoms with E-state index < -0.39 is 5.97 Å². The molecule has 3 rings (SSSR count). The van der Waals surface area contributed by atoms with Crippen LogP contribution in [0.4, 0.5) is 5.00 Å². The normalized spacial score (nSPS) is 10.5. The monoisotopic (exact) mass is 444 g/mol. The molecule has 0 saturated heterocycles. The lowest BCUT2D eigenvalue weighted by Crippen LogP contribution is -2.28. The van der Waals surface area contributed by atoms with Crippen LogP contribution in [-0.2, 0) is 16.1 Å². The number of amides is 1. The van der Waals surface area contributed by atoms with Gasteiger partial charge in [-0.2, -0.15) is 0 Å². The molecule has 0 aliphatic rings. The first-order chi connectivity index (χ1) is 15.1. The van der Waals surface area contributed by atoms with Crippen molar-refractivity contribution in [2.45, 2.75) is 13.5 Å². The summed E-state index contributed by atoms with van der Waals surface area (Å²) in [5, 5.41) is 8.03. The highest BCUT2D eigenvalue weighted by Gasteiger charge is 2.23. The summed E-state index contributed by atoms with van der Waals surface area (Å²) in [5.74, 6) is 1.06. The van der Waals surface area contributed by atoms with Crippen LogP contribution in [0, 0.1) is 0 Å². The van der Waals surface area contributed by atoms with Gasteiger partial charge in [0.1, 0.15) is 16.3 Å². The summed E-state index contributed by atoms with van der Waals surface area (Å²) in [6.07, 6.45) is 1.57. The Hall–Kier alpha value is -3.30. The molecule has 31 heavy (non-hydrogen) atoms. The van der Waals surface area contributed by atoms with Gasteiger partial charge in [0.15, 0.2) is 11.5 Å². The molecule has 1 aromatic carbocycles. The molecular formula is C22H24N2O6S. The first kappa shape index (κ1) is 22.4. The molecule has 1 amide bonds. The number of hydrogen-bond acceptors (Lipinski definition) is 8. The van der Waals surface area contributed by atoms with Crippen LogP contribution in [0.3, 0.4) is 0 Å². The molecule has 3 aromatic rings. The van der Waals surface area contributed by atoms with Gasteiger partial charge in [0.25, 0.3) is 0 Å². The summed E-state index contributed by atoms with van der Waals surface area (Å²) < 4.78 is 21.1. The molecule has 0 atom stereocenters. The van der Waals surface area contributed by atoms with Gasteiger partial charge >= 0.3 is 5.97 Å². The van der Waals surface area contributed by atoms with E-state index in [1.807, 2.05) is 12.1 Å². The molecule has 2 N–H and O–H groups in total. The van der Waals surface area contributed by atoms with Crippen LogP contribution in [0.1, 0.15) is 23.0 Å². The maximum absolute atomic E-state index is 12.7. The van der Waals surface area contributed by atoms with Gasteiger partial charge in [-0.15, -0.1) is 11.3 Å². The van der Waals surface area contributed by atoms with E-state index in [1.54, 1.807) is 51.0 Å². The van der Waals surface area contributed by atoms with E-state index in [9.17, 15) is 9.59 Å². The fourth-order valence-corrected chi connectivity index (χ4v) is 3.93. The average Bonchev–Trinajstić information content (AvgIpc) is 3.43. The highest BCUT2D eigenvalue weighted by Crippen LogP contribution is 2.39. The quantitative estimate of drug-likeness (QED) is 0.457. The molecule has 0 bridgehead atoms. The molecular weight excluding hydrogens is 420 g/mol. The van der Waals surface area contributed by atoms with E-state index >= 15 is 0 Å². The van der Waals surface area contributed by atoms with Crippen molar-refractivity contribution in [2.24, 2.45) is 0 Å². The second-order valence-corrected chi connectivity index (χ2v) is 7.25. The highest BCUT2D eigenvalue weighted by atomic mass is 32.1. The van der Waals surface area contributed by atoms with Crippen molar-refractivity contribution in [2.75, 3.05) is 32.7 Å². The number of nitrogens with one attached hydrogen (secondary N) is 2. The molecule has 9 heteroatoms. The molecule has 0 radical (unpaired) electrons. The summed E-state index contributed by atoms with van der Waals surface area (Å²) >= 11 is 1.26. The number of rotatable bonds is 10. The Balaban J connectivity index is 1.81.